The number of rotatable bonds is 3. The molecule has 0 spiro atoms. The Balaban J connectivity index is 1.70. The maximum atomic E-state index is 12.3. The Bertz CT molecular complexity index is 914. The van der Waals surface area contributed by atoms with Crippen molar-refractivity contribution in [2.24, 2.45) is 0 Å². The van der Waals surface area contributed by atoms with E-state index in [0.717, 1.165) is 36.5 Å². The van der Waals surface area contributed by atoms with Crippen LogP contribution < -0.4 is 10.5 Å². The standard InChI is InChI=1S/C17H18N4OS/c1-2-15-19-21-16(22)10-13(18-17(21)23-15)11-20-9-5-7-12-6-3-4-8-14(12)20/h3-4,6,8,10H,2,5,7,9,11H2,1H3. The lowest BCUT2D eigenvalue weighted by Crippen LogP contribution is -2.30. The Kier molecular flexibility index (Phi) is 3.61. The molecule has 0 saturated heterocycles. The molecule has 3 heterocycles. The smallest absolute Gasteiger partial charge is 0.275 e. The number of aromatic nitrogens is 3. The molecule has 0 saturated carbocycles. The van der Waals surface area contributed by atoms with Crippen LogP contribution in [0.3, 0.4) is 0 Å². The van der Waals surface area contributed by atoms with Gasteiger partial charge in [-0.1, -0.05) is 36.5 Å². The molecule has 5 nitrogen and oxygen atoms in total. The summed E-state index contributed by atoms with van der Waals surface area (Å²) in [4.78, 5) is 19.9. The lowest BCUT2D eigenvalue weighted by molar-refractivity contribution is 0.682. The number of nitrogens with zero attached hydrogens (tertiary/aromatic N) is 4. The van der Waals surface area contributed by atoms with Crippen molar-refractivity contribution < 1.29 is 0 Å². The Morgan fingerprint density at radius 2 is 2.17 bits per heavy atom. The lowest BCUT2D eigenvalue weighted by Gasteiger charge is -2.30. The van der Waals surface area contributed by atoms with Gasteiger partial charge in [0, 0.05) is 18.3 Å². The van der Waals surface area contributed by atoms with Gasteiger partial charge in [-0.15, -0.1) is 0 Å². The summed E-state index contributed by atoms with van der Waals surface area (Å²) in [5.74, 6) is 0. The van der Waals surface area contributed by atoms with Crippen LogP contribution >= 0.6 is 11.3 Å². The fraction of sp³-hybridized carbons (Fsp3) is 0.353. The summed E-state index contributed by atoms with van der Waals surface area (Å²) in [5.41, 5.74) is 3.37. The van der Waals surface area contributed by atoms with E-state index in [0.29, 0.717) is 11.5 Å². The molecule has 2 aromatic heterocycles. The van der Waals surface area contributed by atoms with Gasteiger partial charge in [0.25, 0.3) is 5.56 Å². The first-order chi connectivity index (χ1) is 11.2. The third kappa shape index (κ3) is 2.63. The Morgan fingerprint density at radius 3 is 3.04 bits per heavy atom. The molecular weight excluding hydrogens is 308 g/mol. The molecule has 0 aliphatic carbocycles. The van der Waals surface area contributed by atoms with E-state index in [4.69, 9.17) is 0 Å². The third-order valence-corrected chi connectivity index (χ3v) is 5.25. The molecule has 3 aromatic rings. The second-order valence-corrected chi connectivity index (χ2v) is 6.82. The average molecular weight is 326 g/mol. The van der Waals surface area contributed by atoms with Gasteiger partial charge in [-0.05, 0) is 30.9 Å². The van der Waals surface area contributed by atoms with Gasteiger partial charge in [-0.3, -0.25) is 4.79 Å². The van der Waals surface area contributed by atoms with Crippen LogP contribution in [0.5, 0.6) is 0 Å². The van der Waals surface area contributed by atoms with E-state index in [9.17, 15) is 4.79 Å². The second-order valence-electron chi connectivity index (χ2n) is 5.78. The van der Waals surface area contributed by atoms with Gasteiger partial charge >= 0.3 is 0 Å². The van der Waals surface area contributed by atoms with Crippen molar-refractivity contribution in [2.75, 3.05) is 11.4 Å². The summed E-state index contributed by atoms with van der Waals surface area (Å²) in [6, 6.07) is 10.1. The van der Waals surface area contributed by atoms with Gasteiger partial charge in [0.2, 0.25) is 4.96 Å². The molecule has 23 heavy (non-hydrogen) atoms. The van der Waals surface area contributed by atoms with E-state index in [2.05, 4.69) is 39.2 Å². The molecule has 0 radical (unpaired) electrons. The van der Waals surface area contributed by atoms with Crippen LogP contribution in [0.4, 0.5) is 5.69 Å². The van der Waals surface area contributed by atoms with Gasteiger partial charge in [0.1, 0.15) is 5.01 Å². The van der Waals surface area contributed by atoms with Crippen molar-refractivity contribution in [2.45, 2.75) is 32.7 Å². The second kappa shape index (κ2) is 5.77. The third-order valence-electron chi connectivity index (χ3n) is 4.20. The van der Waals surface area contributed by atoms with Crippen LogP contribution in [0.15, 0.2) is 35.1 Å². The predicted molar refractivity (Wildman–Crippen MR) is 92.3 cm³/mol. The minimum absolute atomic E-state index is 0.0914. The van der Waals surface area contributed by atoms with Crippen LogP contribution in [0.25, 0.3) is 4.96 Å². The topological polar surface area (TPSA) is 50.5 Å². The van der Waals surface area contributed by atoms with Crippen molar-refractivity contribution in [1.82, 2.24) is 14.6 Å². The van der Waals surface area contributed by atoms with Gasteiger partial charge < -0.3 is 4.90 Å². The quantitative estimate of drug-likeness (QED) is 0.742. The van der Waals surface area contributed by atoms with Crippen LogP contribution in [-0.4, -0.2) is 21.1 Å². The van der Waals surface area contributed by atoms with Crippen molar-refractivity contribution >= 4 is 22.0 Å². The van der Waals surface area contributed by atoms with Crippen LogP contribution in [0.1, 0.15) is 29.6 Å². The zero-order chi connectivity index (χ0) is 15.8. The average Bonchev–Trinajstić information content (AvgIpc) is 2.99. The van der Waals surface area contributed by atoms with Crippen molar-refractivity contribution in [3.8, 4) is 0 Å². The van der Waals surface area contributed by atoms with E-state index >= 15 is 0 Å². The van der Waals surface area contributed by atoms with Gasteiger partial charge in [0.15, 0.2) is 0 Å². The molecule has 1 aromatic carbocycles. The number of aryl methyl sites for hydroxylation is 2. The molecule has 118 valence electrons. The highest BCUT2D eigenvalue weighted by molar-refractivity contribution is 7.16. The van der Waals surface area contributed by atoms with Crippen LogP contribution in [-0.2, 0) is 19.4 Å². The van der Waals surface area contributed by atoms with E-state index in [1.165, 1.54) is 27.1 Å². The molecule has 0 unspecified atom stereocenters. The van der Waals surface area contributed by atoms with Crippen molar-refractivity contribution in [3.05, 3.63) is 57.0 Å². The summed E-state index contributed by atoms with van der Waals surface area (Å²) >= 11 is 1.50. The van der Waals surface area contributed by atoms with E-state index in [1.54, 1.807) is 6.07 Å². The Labute approximate surface area is 138 Å². The molecule has 4 rings (SSSR count). The number of hydrogen-bond acceptors (Lipinski definition) is 5. The number of benzene rings is 1. The van der Waals surface area contributed by atoms with Crippen molar-refractivity contribution in [1.29, 1.82) is 0 Å². The first-order valence-electron chi connectivity index (χ1n) is 7.96. The summed E-state index contributed by atoms with van der Waals surface area (Å²) in [7, 11) is 0. The number of anilines is 1. The molecule has 1 aliphatic rings. The molecule has 0 bridgehead atoms. The first-order valence-corrected chi connectivity index (χ1v) is 8.78. The summed E-state index contributed by atoms with van der Waals surface area (Å²) < 4.78 is 1.41. The van der Waals surface area contributed by atoms with E-state index in [1.807, 2.05) is 6.92 Å². The van der Waals surface area contributed by atoms with Crippen molar-refractivity contribution in [3.63, 3.8) is 0 Å². The Morgan fingerprint density at radius 1 is 1.30 bits per heavy atom. The van der Waals surface area contributed by atoms with E-state index < -0.39 is 0 Å². The highest BCUT2D eigenvalue weighted by Gasteiger charge is 2.17. The van der Waals surface area contributed by atoms with Gasteiger partial charge in [-0.25, -0.2) is 4.98 Å². The number of fused-ring (bicyclic) bond motifs is 2. The SMILES string of the molecule is CCc1nn2c(=O)cc(CN3CCCc4ccccc43)nc2s1. The van der Waals surface area contributed by atoms with Crippen LogP contribution in [0, 0.1) is 0 Å². The monoisotopic (exact) mass is 326 g/mol. The van der Waals surface area contributed by atoms with Gasteiger partial charge in [0.05, 0.1) is 12.2 Å². The highest BCUT2D eigenvalue weighted by atomic mass is 32.1. The number of hydrogen-bond donors (Lipinski definition) is 0. The highest BCUT2D eigenvalue weighted by Crippen LogP contribution is 2.27. The molecule has 0 N–H and O–H groups in total. The lowest BCUT2D eigenvalue weighted by atomic mass is 10.0. The maximum absolute atomic E-state index is 12.3. The first kappa shape index (κ1) is 14.4. The molecule has 0 atom stereocenters. The van der Waals surface area contributed by atoms with E-state index in [-0.39, 0.29) is 5.56 Å². The zero-order valence-corrected chi connectivity index (χ0v) is 13.8. The minimum atomic E-state index is -0.0914. The predicted octanol–water partition coefficient (Wildman–Crippen LogP) is 2.67. The minimum Gasteiger partial charge on any atom is -0.365 e. The molecule has 6 heteroatoms. The summed E-state index contributed by atoms with van der Waals surface area (Å²) in [6.45, 7) is 3.71. The maximum Gasteiger partial charge on any atom is 0.275 e. The molecule has 0 amide bonds. The summed E-state index contributed by atoms with van der Waals surface area (Å²) in [5, 5.41) is 5.24. The normalized spacial score (nSPS) is 14.2. The largest absolute Gasteiger partial charge is 0.365 e. The fourth-order valence-electron chi connectivity index (χ4n) is 3.09. The number of para-hydroxylation sites is 1. The van der Waals surface area contributed by atoms with Gasteiger partial charge in [-0.2, -0.15) is 9.61 Å². The molecule has 0 fully saturated rings. The summed E-state index contributed by atoms with van der Waals surface area (Å²) in [6.07, 6.45) is 3.08. The Hall–Kier alpha value is -2.21. The molecule has 1 aliphatic heterocycles. The zero-order valence-electron chi connectivity index (χ0n) is 13.0. The fourth-order valence-corrected chi connectivity index (χ4v) is 3.95. The molecular formula is C17H18N4OS. The van der Waals surface area contributed by atoms with Crippen LogP contribution in [0.2, 0.25) is 0 Å².